The van der Waals surface area contributed by atoms with Gasteiger partial charge in [-0.1, -0.05) is 158 Å². The van der Waals surface area contributed by atoms with E-state index in [1.807, 2.05) is 66.7 Å². The lowest BCUT2D eigenvalue weighted by Crippen LogP contribution is -2.01. The van der Waals surface area contributed by atoms with Crippen LogP contribution < -0.4 is 0 Å². The van der Waals surface area contributed by atoms with Crippen molar-refractivity contribution >= 4 is 21.7 Å². The lowest BCUT2D eigenvalue weighted by Gasteiger charge is -2.12. The summed E-state index contributed by atoms with van der Waals surface area (Å²) in [5.41, 5.74) is 9.01. The normalized spacial score (nSPS) is 11.3. The number of nitrogens with zero attached hydrogens (tertiary/aromatic N) is 5. The van der Waals surface area contributed by atoms with Gasteiger partial charge in [-0.05, 0) is 34.7 Å². The van der Waals surface area contributed by atoms with E-state index in [0.717, 1.165) is 66.4 Å². The molecular formula is C44H29N5. The topological polar surface area (TPSA) is 56.5 Å². The molecule has 0 N–H and O–H groups in total. The maximum absolute atomic E-state index is 5.39. The lowest BCUT2D eigenvalue weighted by atomic mass is 9.94. The average Bonchev–Trinajstić information content (AvgIpc) is 3.60. The molecule has 0 aliphatic heterocycles. The zero-order valence-corrected chi connectivity index (χ0v) is 26.5. The molecule has 9 aromatic rings. The Morgan fingerprint density at radius 1 is 0.388 bits per heavy atom. The largest absolute Gasteiger partial charge is 0.232 e. The van der Waals surface area contributed by atoms with Crippen LogP contribution in [0.3, 0.4) is 0 Å². The Balaban J connectivity index is 1.30. The smallest absolute Gasteiger partial charge is 0.164 e. The minimum atomic E-state index is 0.601. The molecule has 0 aliphatic rings. The monoisotopic (exact) mass is 627 g/mol. The van der Waals surface area contributed by atoms with Gasteiger partial charge in [-0.2, -0.15) is 5.10 Å². The molecule has 0 unspecified atom stereocenters. The van der Waals surface area contributed by atoms with E-state index in [2.05, 4.69) is 114 Å². The Labute approximate surface area is 283 Å². The molecule has 2 aromatic heterocycles. The molecule has 9 rings (SSSR count). The van der Waals surface area contributed by atoms with Crippen LogP contribution in [0.25, 0.3) is 83.9 Å². The van der Waals surface area contributed by atoms with Crippen LogP contribution in [0, 0.1) is 0 Å². The van der Waals surface area contributed by atoms with E-state index >= 15 is 0 Å². The Bertz CT molecular complexity index is 2520. The van der Waals surface area contributed by atoms with E-state index < -0.39 is 0 Å². The van der Waals surface area contributed by atoms with E-state index in [4.69, 9.17) is 20.1 Å². The first-order valence-corrected chi connectivity index (χ1v) is 16.3. The van der Waals surface area contributed by atoms with Crippen molar-refractivity contribution in [3.8, 4) is 62.2 Å². The van der Waals surface area contributed by atoms with Gasteiger partial charge in [-0.3, -0.25) is 0 Å². The van der Waals surface area contributed by atoms with Gasteiger partial charge in [0.15, 0.2) is 17.5 Å². The summed E-state index contributed by atoms with van der Waals surface area (Å²) in [6.07, 6.45) is 0. The zero-order valence-electron chi connectivity index (χ0n) is 26.5. The number of benzene rings is 7. The van der Waals surface area contributed by atoms with Gasteiger partial charge >= 0.3 is 0 Å². The minimum Gasteiger partial charge on any atom is -0.232 e. The average molecular weight is 628 g/mol. The summed E-state index contributed by atoms with van der Waals surface area (Å²) in [6, 6.07) is 60.3. The highest BCUT2D eigenvalue weighted by Crippen LogP contribution is 2.41. The molecule has 0 saturated heterocycles. The number of aromatic nitrogens is 5. The molecule has 0 spiro atoms. The fraction of sp³-hybridized carbons (Fsp3) is 0. The Morgan fingerprint density at radius 2 is 0.878 bits per heavy atom. The van der Waals surface area contributed by atoms with Gasteiger partial charge in [0.05, 0.1) is 11.2 Å². The zero-order chi connectivity index (χ0) is 32.6. The molecule has 7 aromatic carbocycles. The van der Waals surface area contributed by atoms with E-state index in [-0.39, 0.29) is 0 Å². The maximum atomic E-state index is 5.39. The molecule has 0 atom stereocenters. The van der Waals surface area contributed by atoms with Crippen LogP contribution in [0.15, 0.2) is 176 Å². The Hall–Kier alpha value is -6.72. The summed E-state index contributed by atoms with van der Waals surface area (Å²) in [5.74, 6) is 1.86. The maximum Gasteiger partial charge on any atom is 0.164 e. The second-order valence-corrected chi connectivity index (χ2v) is 11.9. The number of fused-ring (bicyclic) bond motifs is 3. The van der Waals surface area contributed by atoms with Gasteiger partial charge < -0.3 is 0 Å². The van der Waals surface area contributed by atoms with Crippen molar-refractivity contribution in [3.63, 3.8) is 0 Å². The highest BCUT2D eigenvalue weighted by Gasteiger charge is 2.21. The van der Waals surface area contributed by atoms with E-state index in [9.17, 15) is 0 Å². The van der Waals surface area contributed by atoms with Crippen molar-refractivity contribution in [2.24, 2.45) is 0 Å². The van der Waals surface area contributed by atoms with Gasteiger partial charge in [0.25, 0.3) is 0 Å². The van der Waals surface area contributed by atoms with Gasteiger partial charge in [0.1, 0.15) is 5.69 Å². The summed E-state index contributed by atoms with van der Waals surface area (Å²) >= 11 is 0. The first kappa shape index (κ1) is 28.5. The lowest BCUT2D eigenvalue weighted by molar-refractivity contribution is 0.917. The molecule has 49 heavy (non-hydrogen) atoms. The van der Waals surface area contributed by atoms with E-state index in [0.29, 0.717) is 17.5 Å². The number of hydrogen-bond donors (Lipinski definition) is 0. The molecule has 5 heteroatoms. The highest BCUT2D eigenvalue weighted by molar-refractivity contribution is 6.17. The Kier molecular flexibility index (Phi) is 7.06. The van der Waals surface area contributed by atoms with Crippen LogP contribution in [-0.4, -0.2) is 24.7 Å². The van der Waals surface area contributed by atoms with Crippen molar-refractivity contribution in [1.82, 2.24) is 24.7 Å². The highest BCUT2D eigenvalue weighted by atomic mass is 15.3. The quantitative estimate of drug-likeness (QED) is 0.184. The van der Waals surface area contributed by atoms with Crippen LogP contribution >= 0.6 is 0 Å². The van der Waals surface area contributed by atoms with Crippen molar-refractivity contribution in [1.29, 1.82) is 0 Å². The molecule has 0 aliphatic carbocycles. The predicted molar refractivity (Wildman–Crippen MR) is 199 cm³/mol. The first-order valence-electron chi connectivity index (χ1n) is 16.3. The van der Waals surface area contributed by atoms with Crippen molar-refractivity contribution < 1.29 is 0 Å². The summed E-state index contributed by atoms with van der Waals surface area (Å²) in [7, 11) is 0. The molecule has 0 radical (unpaired) electrons. The van der Waals surface area contributed by atoms with E-state index in [1.165, 1.54) is 0 Å². The molecule has 2 heterocycles. The van der Waals surface area contributed by atoms with Crippen LogP contribution in [-0.2, 0) is 0 Å². The van der Waals surface area contributed by atoms with Gasteiger partial charge in [-0.25, -0.2) is 19.6 Å². The van der Waals surface area contributed by atoms with Gasteiger partial charge in [-0.15, -0.1) is 0 Å². The second-order valence-electron chi connectivity index (χ2n) is 11.9. The Morgan fingerprint density at radius 3 is 1.49 bits per heavy atom. The fourth-order valence-corrected chi connectivity index (χ4v) is 6.53. The summed E-state index contributed by atoms with van der Waals surface area (Å²) in [5, 5.41) is 8.80. The van der Waals surface area contributed by atoms with Crippen molar-refractivity contribution in [3.05, 3.63) is 176 Å². The molecule has 5 nitrogen and oxygen atoms in total. The van der Waals surface area contributed by atoms with Gasteiger partial charge in [0, 0.05) is 33.0 Å². The number of rotatable bonds is 6. The molecule has 0 amide bonds. The molecule has 0 fully saturated rings. The summed E-state index contributed by atoms with van der Waals surface area (Å²) in [4.78, 5) is 14.9. The van der Waals surface area contributed by atoms with Gasteiger partial charge in [0.2, 0.25) is 0 Å². The predicted octanol–water partition coefficient (Wildman–Crippen LogP) is 10.7. The van der Waals surface area contributed by atoms with Crippen LogP contribution in [0.2, 0.25) is 0 Å². The fourth-order valence-electron chi connectivity index (χ4n) is 6.53. The third-order valence-electron chi connectivity index (χ3n) is 8.85. The third kappa shape index (κ3) is 5.24. The SMILES string of the molecule is c1ccc(-c2nc(-c3ccccc3)nc(-c3cccc(-n4nc(-c5ccccc5)c5c(-c6ccccc6)cc6ccccc6c54)c3)n2)cc1. The third-order valence-corrected chi connectivity index (χ3v) is 8.85. The van der Waals surface area contributed by atoms with Crippen molar-refractivity contribution in [2.45, 2.75) is 0 Å². The van der Waals surface area contributed by atoms with Crippen LogP contribution in [0.4, 0.5) is 0 Å². The summed E-state index contributed by atoms with van der Waals surface area (Å²) < 4.78 is 2.09. The molecule has 0 saturated carbocycles. The molecule has 230 valence electrons. The minimum absolute atomic E-state index is 0.601. The molecule has 0 bridgehead atoms. The van der Waals surface area contributed by atoms with Crippen molar-refractivity contribution in [2.75, 3.05) is 0 Å². The van der Waals surface area contributed by atoms with E-state index in [1.54, 1.807) is 0 Å². The second kappa shape index (κ2) is 12.1. The van der Waals surface area contributed by atoms with Crippen LogP contribution in [0.1, 0.15) is 0 Å². The molecular weight excluding hydrogens is 599 g/mol. The standard InChI is InChI=1S/C44H29N5/c1-5-16-30(17-6-1)38-29-34-24-13-14-27-37(34)41-39(38)40(31-18-7-2-8-19-31)48-49(41)36-26-15-25-35(28-36)44-46-42(32-20-9-3-10-21-32)45-43(47-44)33-22-11-4-12-23-33/h1-29H. The number of hydrogen-bond acceptors (Lipinski definition) is 4. The first-order chi connectivity index (χ1) is 24.3. The summed E-state index contributed by atoms with van der Waals surface area (Å²) in [6.45, 7) is 0. The van der Waals surface area contributed by atoms with Crippen LogP contribution in [0.5, 0.6) is 0 Å².